The molecule has 8 amide bonds. The van der Waals surface area contributed by atoms with Crippen molar-refractivity contribution in [2.75, 3.05) is 39.6 Å². The van der Waals surface area contributed by atoms with Gasteiger partial charge in [0.2, 0.25) is 29.9 Å². The smallest absolute Gasteiger partial charge is 0.446 e. The minimum Gasteiger partial charge on any atom is -0.493 e. The summed E-state index contributed by atoms with van der Waals surface area (Å²) in [6, 6.07) is 7.49. The number of carbonyl (C=O) groups is 11. The van der Waals surface area contributed by atoms with Crippen LogP contribution in [0.1, 0.15) is 147 Å². The zero-order chi connectivity index (χ0) is 53.2. The predicted molar refractivity (Wildman–Crippen MR) is 248 cm³/mol. The van der Waals surface area contributed by atoms with Crippen molar-refractivity contribution < 1.29 is 94.7 Å². The lowest BCUT2D eigenvalue weighted by Gasteiger charge is -2.27. The number of amides is 8. The van der Waals surface area contributed by atoms with E-state index in [9.17, 15) is 61.1 Å². The van der Waals surface area contributed by atoms with Gasteiger partial charge in [0, 0.05) is 26.1 Å². The van der Waals surface area contributed by atoms with Gasteiger partial charge in [-0.1, -0.05) is 19.6 Å². The third-order valence-corrected chi connectivity index (χ3v) is 10.7. The van der Waals surface area contributed by atoms with E-state index in [2.05, 4.69) is 10.6 Å². The van der Waals surface area contributed by atoms with Gasteiger partial charge in [-0.15, -0.1) is 0 Å². The molecule has 2 aromatic carbocycles. The number of rotatable bonds is 22. The highest BCUT2D eigenvalue weighted by Crippen LogP contribution is 2.35. The maximum absolute atomic E-state index is 13.0. The number of nitrogens with one attached hydrogen (secondary N) is 2. The Morgan fingerprint density at radius 1 is 0.630 bits per heavy atom. The van der Waals surface area contributed by atoms with E-state index in [0.29, 0.717) is 51.6 Å². The molecule has 4 aliphatic heterocycles. The van der Waals surface area contributed by atoms with Crippen molar-refractivity contribution in [1.29, 1.82) is 0 Å². The third kappa shape index (κ3) is 18.2. The number of ether oxygens (including phenoxy) is 5. The molecule has 0 aliphatic carbocycles. The number of carboxylic acids is 1. The number of carboxylic acid groups (broad SMARTS) is 1. The van der Waals surface area contributed by atoms with Crippen molar-refractivity contribution in [2.24, 2.45) is 0 Å². The second kappa shape index (κ2) is 28.2. The molecule has 2 unspecified atom stereocenters. The fourth-order valence-electron chi connectivity index (χ4n) is 7.45. The van der Waals surface area contributed by atoms with E-state index in [0.717, 1.165) is 35.5 Å². The van der Waals surface area contributed by atoms with E-state index in [-0.39, 0.29) is 86.5 Å². The quantitative estimate of drug-likeness (QED) is 0.0612. The summed E-state index contributed by atoms with van der Waals surface area (Å²) in [5, 5.41) is 12.9. The topological polar surface area (TPSA) is 285 Å². The number of piperidine rings is 2. The molecule has 0 saturated carbocycles. The minimum absolute atomic E-state index is 0. The zero-order valence-corrected chi connectivity index (χ0v) is 39.9. The highest BCUT2D eigenvalue weighted by Gasteiger charge is 2.47. The van der Waals surface area contributed by atoms with E-state index in [1.165, 1.54) is 12.1 Å². The molecule has 3 N–H and O–H groups in total. The molecule has 2 atom stereocenters. The van der Waals surface area contributed by atoms with Crippen LogP contribution in [-0.2, 0) is 47.8 Å². The monoisotopic (exact) mass is 1030 g/mol. The number of carbonyl (C=O) groups excluding carboxylic acids is 10. The van der Waals surface area contributed by atoms with Crippen LogP contribution in [0.3, 0.4) is 0 Å². The average Bonchev–Trinajstić information content (AvgIpc) is 3.71. The van der Waals surface area contributed by atoms with E-state index in [1.807, 2.05) is 20.8 Å². The molecule has 0 spiro atoms. The first-order chi connectivity index (χ1) is 34.0. The van der Waals surface area contributed by atoms with Crippen LogP contribution in [0.25, 0.3) is 0 Å². The standard InChI is InChI=1S/C25H32N2O8.C21H24N2O8.C2HF3O.CH4/c1-25(2,3)35-20(29)12-15-33-13-5-4-6-14-34-18-9-7-8-16-21(18)24(32)27(23(16)31)17-10-11-19(28)26-22(17)30;24-16-8-7-14(19(27)22-16)23-20(28)13-5-4-6-15(18(13)21(23)29)31-11-3-1-2-10-30-12-9-17(25)26;3-2(4,5)1-6;/h7-9,17H,4-6,10-15H2,1-3H3,(H,26,28,30);4-6,14H,1-3,7-12H2,(H,25,26)(H,22,24,27);1H;1H4. The van der Waals surface area contributed by atoms with Crippen molar-refractivity contribution in [3.8, 4) is 11.5 Å². The van der Waals surface area contributed by atoms with Crippen LogP contribution in [0.15, 0.2) is 36.4 Å². The molecular weight excluding hydrogens is 974 g/mol. The molecule has 4 aliphatic rings. The number of hydrogen-bond acceptors (Lipinski definition) is 16. The summed E-state index contributed by atoms with van der Waals surface area (Å²) in [5.41, 5.74) is 0.147. The van der Waals surface area contributed by atoms with Gasteiger partial charge in [0.1, 0.15) is 29.2 Å². The van der Waals surface area contributed by atoms with E-state index in [4.69, 9.17) is 33.6 Å². The molecule has 0 radical (unpaired) electrons. The summed E-state index contributed by atoms with van der Waals surface area (Å²) in [5.74, 6) is -5.07. The molecule has 400 valence electrons. The highest BCUT2D eigenvalue weighted by molar-refractivity contribution is 6.25. The first-order valence-corrected chi connectivity index (χ1v) is 23.1. The van der Waals surface area contributed by atoms with Gasteiger partial charge < -0.3 is 28.8 Å². The van der Waals surface area contributed by atoms with Gasteiger partial charge in [-0.3, -0.25) is 73.2 Å². The number of hydrogen-bond donors (Lipinski definition) is 3. The minimum atomic E-state index is -4.64. The van der Waals surface area contributed by atoms with Gasteiger partial charge in [0.05, 0.1) is 61.5 Å². The number of aliphatic carboxylic acids is 1. The second-order valence-corrected chi connectivity index (χ2v) is 17.4. The fourth-order valence-corrected chi connectivity index (χ4v) is 7.45. The molecule has 4 heterocycles. The summed E-state index contributed by atoms with van der Waals surface area (Å²) >= 11 is 0. The van der Waals surface area contributed by atoms with Crippen molar-refractivity contribution in [3.63, 3.8) is 0 Å². The lowest BCUT2D eigenvalue weighted by Crippen LogP contribution is -2.54. The summed E-state index contributed by atoms with van der Waals surface area (Å²) in [6.07, 6.45) is -0.656. The zero-order valence-electron chi connectivity index (χ0n) is 39.9. The van der Waals surface area contributed by atoms with Gasteiger partial charge in [0.25, 0.3) is 23.6 Å². The summed E-state index contributed by atoms with van der Waals surface area (Å²) in [7, 11) is 0. The molecule has 21 nitrogen and oxygen atoms in total. The summed E-state index contributed by atoms with van der Waals surface area (Å²) < 4.78 is 58.7. The van der Waals surface area contributed by atoms with E-state index >= 15 is 0 Å². The summed E-state index contributed by atoms with van der Waals surface area (Å²) in [4.78, 5) is 131. The van der Waals surface area contributed by atoms with Gasteiger partial charge in [-0.25, -0.2) is 0 Å². The van der Waals surface area contributed by atoms with Crippen LogP contribution in [-0.4, -0.2) is 144 Å². The fraction of sp³-hybridized carbons (Fsp3) is 0.531. The lowest BCUT2D eigenvalue weighted by molar-refractivity contribution is -0.156. The second-order valence-electron chi connectivity index (χ2n) is 17.4. The van der Waals surface area contributed by atoms with Crippen molar-refractivity contribution >= 4 is 65.5 Å². The molecule has 0 aromatic heterocycles. The first kappa shape index (κ1) is 60.2. The Morgan fingerprint density at radius 3 is 1.40 bits per heavy atom. The van der Waals surface area contributed by atoms with E-state index < -0.39 is 83.4 Å². The largest absolute Gasteiger partial charge is 0.493 e. The van der Waals surface area contributed by atoms with Gasteiger partial charge >= 0.3 is 18.1 Å². The number of esters is 1. The average molecular weight is 1040 g/mol. The van der Waals surface area contributed by atoms with Gasteiger partial charge in [0.15, 0.2) is 0 Å². The number of unbranched alkanes of at least 4 members (excludes halogenated alkanes) is 4. The number of fused-ring (bicyclic) bond motifs is 2. The van der Waals surface area contributed by atoms with Crippen LogP contribution in [0.5, 0.6) is 11.5 Å². The number of halogens is 3. The Bertz CT molecular complexity index is 2370. The third-order valence-electron chi connectivity index (χ3n) is 10.7. The number of nitrogens with zero attached hydrogens (tertiary/aromatic N) is 2. The first-order valence-electron chi connectivity index (χ1n) is 23.1. The number of imide groups is 4. The van der Waals surface area contributed by atoms with Crippen molar-refractivity contribution in [3.05, 3.63) is 58.7 Å². The molecule has 2 fully saturated rings. The molecule has 0 bridgehead atoms. The van der Waals surface area contributed by atoms with E-state index in [1.54, 1.807) is 24.3 Å². The molecular formula is C49H61F3N4O17. The van der Waals surface area contributed by atoms with Crippen LogP contribution in [0.4, 0.5) is 13.2 Å². The molecule has 6 rings (SSSR count). The Morgan fingerprint density at radius 2 is 1.03 bits per heavy atom. The number of benzene rings is 2. The van der Waals surface area contributed by atoms with Crippen LogP contribution >= 0.6 is 0 Å². The molecule has 73 heavy (non-hydrogen) atoms. The molecule has 2 aromatic rings. The maximum Gasteiger partial charge on any atom is 0.446 e. The number of aldehydes is 1. The highest BCUT2D eigenvalue weighted by atomic mass is 19.4. The Hall–Kier alpha value is -7.08. The molecule has 24 heteroatoms. The van der Waals surface area contributed by atoms with Gasteiger partial charge in [-0.05, 0) is 96.4 Å². The Kier molecular flexibility index (Phi) is 23.3. The number of alkyl halides is 3. The predicted octanol–water partition coefficient (Wildman–Crippen LogP) is 4.90. The molecule has 2 saturated heterocycles. The van der Waals surface area contributed by atoms with Crippen molar-refractivity contribution in [1.82, 2.24) is 20.4 Å². The summed E-state index contributed by atoms with van der Waals surface area (Å²) in [6.45, 7) is 7.58. The normalized spacial score (nSPS) is 17.2. The van der Waals surface area contributed by atoms with Crippen LogP contribution in [0.2, 0.25) is 0 Å². The van der Waals surface area contributed by atoms with Gasteiger partial charge in [-0.2, -0.15) is 13.2 Å². The Labute approximate surface area is 418 Å². The van der Waals surface area contributed by atoms with Crippen LogP contribution < -0.4 is 20.1 Å². The van der Waals surface area contributed by atoms with Crippen LogP contribution in [0, 0.1) is 0 Å². The maximum atomic E-state index is 13.0. The SMILES string of the molecule is C.CC(C)(C)OC(=O)CCOCCCCCOc1cccc2c1C(=O)N(C1CCC(=O)NC1=O)C2=O.O=C(O)CCOCCCCCOc1cccc2c1C(=O)N(C1CCC(=O)NC1=O)C2=O.O=CC(F)(F)F. The Balaban J connectivity index is 0.000000344. The van der Waals surface area contributed by atoms with Crippen molar-refractivity contribution in [2.45, 2.75) is 129 Å². The lowest BCUT2D eigenvalue weighted by atomic mass is 10.0.